The number of carbonyl (C=O) groups excluding carboxylic acids is 1. The van der Waals surface area contributed by atoms with Crippen LogP contribution >= 0.6 is 0 Å². The van der Waals surface area contributed by atoms with Crippen LogP contribution in [0.3, 0.4) is 0 Å². The van der Waals surface area contributed by atoms with Crippen molar-refractivity contribution in [1.29, 1.82) is 0 Å². The van der Waals surface area contributed by atoms with E-state index in [0.29, 0.717) is 25.0 Å². The van der Waals surface area contributed by atoms with Crippen LogP contribution in [-0.2, 0) is 9.53 Å². The van der Waals surface area contributed by atoms with Gasteiger partial charge in [0.1, 0.15) is 0 Å². The summed E-state index contributed by atoms with van der Waals surface area (Å²) in [5, 5.41) is 3.62. The van der Waals surface area contributed by atoms with E-state index in [2.05, 4.69) is 19.2 Å². The molecule has 1 aliphatic carbocycles. The lowest BCUT2D eigenvalue weighted by Crippen LogP contribution is -2.45. The summed E-state index contributed by atoms with van der Waals surface area (Å²) in [7, 11) is 0. The Morgan fingerprint density at radius 3 is 2.47 bits per heavy atom. The second-order valence-corrected chi connectivity index (χ2v) is 6.54. The van der Waals surface area contributed by atoms with Gasteiger partial charge in [-0.15, -0.1) is 0 Å². The predicted molar refractivity (Wildman–Crippen MR) is 75.8 cm³/mol. The van der Waals surface area contributed by atoms with Gasteiger partial charge < -0.3 is 9.64 Å². The highest BCUT2D eigenvalue weighted by Gasteiger charge is 2.52. The minimum Gasteiger partial charge on any atom is -0.377 e. The van der Waals surface area contributed by atoms with Gasteiger partial charge in [0.25, 0.3) is 0 Å². The Labute approximate surface area is 116 Å². The minimum absolute atomic E-state index is 0.168. The Morgan fingerprint density at radius 1 is 1.32 bits per heavy atom. The van der Waals surface area contributed by atoms with Crippen molar-refractivity contribution >= 4 is 5.91 Å². The second-order valence-electron chi connectivity index (χ2n) is 6.54. The van der Waals surface area contributed by atoms with E-state index in [4.69, 9.17) is 4.74 Å². The molecule has 19 heavy (non-hydrogen) atoms. The maximum absolute atomic E-state index is 12.7. The average Bonchev–Trinajstić information content (AvgIpc) is 2.90. The minimum atomic E-state index is -0.257. The van der Waals surface area contributed by atoms with E-state index in [1.54, 1.807) is 0 Å². The van der Waals surface area contributed by atoms with Crippen LogP contribution in [0.15, 0.2) is 0 Å². The Kier molecular flexibility index (Phi) is 4.51. The van der Waals surface area contributed by atoms with E-state index in [1.165, 1.54) is 12.8 Å². The fourth-order valence-electron chi connectivity index (χ4n) is 3.31. The van der Waals surface area contributed by atoms with Gasteiger partial charge in [-0.1, -0.05) is 26.7 Å². The summed E-state index contributed by atoms with van der Waals surface area (Å²) in [6.07, 6.45) is 4.72. The first-order valence-corrected chi connectivity index (χ1v) is 7.67. The monoisotopic (exact) mass is 268 g/mol. The van der Waals surface area contributed by atoms with Crippen LogP contribution in [-0.4, -0.2) is 41.8 Å². The van der Waals surface area contributed by atoms with E-state index < -0.39 is 0 Å². The molecule has 2 fully saturated rings. The van der Waals surface area contributed by atoms with Gasteiger partial charge >= 0.3 is 0 Å². The molecule has 4 nitrogen and oxygen atoms in total. The fraction of sp³-hybridized carbons (Fsp3) is 0.933. The molecule has 4 heteroatoms. The van der Waals surface area contributed by atoms with Gasteiger partial charge in [-0.05, 0) is 32.6 Å². The number of hydrogen-bond acceptors (Lipinski definition) is 3. The number of rotatable bonds is 5. The highest BCUT2D eigenvalue weighted by molar-refractivity contribution is 5.89. The first-order chi connectivity index (χ1) is 8.96. The quantitative estimate of drug-likeness (QED) is 0.830. The van der Waals surface area contributed by atoms with Gasteiger partial charge in [0.05, 0.1) is 24.4 Å². The van der Waals surface area contributed by atoms with Crippen LogP contribution in [0.2, 0.25) is 0 Å². The fourth-order valence-corrected chi connectivity index (χ4v) is 3.31. The molecule has 0 bridgehead atoms. The summed E-state index contributed by atoms with van der Waals surface area (Å²) < 4.78 is 5.61. The van der Waals surface area contributed by atoms with Crippen molar-refractivity contribution in [1.82, 2.24) is 10.2 Å². The lowest BCUT2D eigenvalue weighted by molar-refractivity contribution is -0.134. The molecule has 1 amide bonds. The van der Waals surface area contributed by atoms with E-state index in [-0.39, 0.29) is 17.8 Å². The molecular weight excluding hydrogens is 240 g/mol. The Hall–Kier alpha value is -0.610. The lowest BCUT2D eigenvalue weighted by Gasteiger charge is -2.27. The van der Waals surface area contributed by atoms with E-state index in [9.17, 15) is 4.79 Å². The number of carbonyl (C=O) groups is 1. The molecule has 1 saturated heterocycles. The van der Waals surface area contributed by atoms with Crippen LogP contribution in [0.5, 0.6) is 0 Å². The van der Waals surface area contributed by atoms with Gasteiger partial charge in [0, 0.05) is 6.54 Å². The van der Waals surface area contributed by atoms with Crippen molar-refractivity contribution in [2.24, 2.45) is 5.92 Å². The van der Waals surface area contributed by atoms with Crippen molar-refractivity contribution in [3.63, 3.8) is 0 Å². The molecule has 0 aromatic rings. The van der Waals surface area contributed by atoms with Gasteiger partial charge in [0.2, 0.25) is 5.91 Å². The molecule has 1 unspecified atom stereocenters. The second kappa shape index (κ2) is 5.80. The number of nitrogens with one attached hydrogen (secondary N) is 1. The SMILES string of the molecule is CC(C)OCCN1C(=O)C2(CCCC2)NC1C(C)C. The maximum atomic E-state index is 12.7. The predicted octanol–water partition coefficient (Wildman–Crippen LogP) is 2.14. The molecule has 110 valence electrons. The van der Waals surface area contributed by atoms with Gasteiger partial charge in [-0.25, -0.2) is 0 Å². The molecule has 2 aliphatic rings. The smallest absolute Gasteiger partial charge is 0.244 e. The molecule has 1 aliphatic heterocycles. The van der Waals surface area contributed by atoms with Crippen molar-refractivity contribution in [2.45, 2.75) is 71.2 Å². The van der Waals surface area contributed by atoms with Crippen molar-refractivity contribution in [3.8, 4) is 0 Å². The number of nitrogens with zero attached hydrogens (tertiary/aromatic N) is 1. The normalized spacial score (nSPS) is 26.3. The molecule has 0 radical (unpaired) electrons. The third kappa shape index (κ3) is 2.95. The maximum Gasteiger partial charge on any atom is 0.244 e. The average molecular weight is 268 g/mol. The van der Waals surface area contributed by atoms with Crippen molar-refractivity contribution in [3.05, 3.63) is 0 Å². The topological polar surface area (TPSA) is 41.6 Å². The summed E-state index contributed by atoms with van der Waals surface area (Å²) in [5.74, 6) is 0.735. The van der Waals surface area contributed by atoms with E-state index >= 15 is 0 Å². The summed E-state index contributed by atoms with van der Waals surface area (Å²) in [4.78, 5) is 14.7. The Morgan fingerprint density at radius 2 is 1.95 bits per heavy atom. The number of amides is 1. The summed E-state index contributed by atoms with van der Waals surface area (Å²) in [6.45, 7) is 9.74. The molecule has 1 spiro atoms. The molecule has 1 heterocycles. The van der Waals surface area contributed by atoms with Gasteiger partial charge in [-0.2, -0.15) is 0 Å². The zero-order valence-corrected chi connectivity index (χ0v) is 12.7. The largest absolute Gasteiger partial charge is 0.377 e. The molecule has 2 rings (SSSR count). The molecule has 1 atom stereocenters. The summed E-state index contributed by atoms with van der Waals surface area (Å²) >= 11 is 0. The zero-order chi connectivity index (χ0) is 14.0. The van der Waals surface area contributed by atoms with Gasteiger partial charge in [-0.3, -0.25) is 10.1 Å². The van der Waals surface area contributed by atoms with Crippen LogP contribution in [0.25, 0.3) is 0 Å². The van der Waals surface area contributed by atoms with Crippen LogP contribution in [0, 0.1) is 5.92 Å². The van der Waals surface area contributed by atoms with Crippen LogP contribution in [0.1, 0.15) is 53.4 Å². The van der Waals surface area contributed by atoms with E-state index in [0.717, 1.165) is 12.8 Å². The van der Waals surface area contributed by atoms with Crippen molar-refractivity contribution < 1.29 is 9.53 Å². The third-order valence-corrected chi connectivity index (χ3v) is 4.30. The molecule has 0 aromatic carbocycles. The summed E-state index contributed by atoms with van der Waals surface area (Å²) in [6, 6.07) is 0. The molecule has 0 aromatic heterocycles. The number of hydrogen-bond donors (Lipinski definition) is 1. The zero-order valence-electron chi connectivity index (χ0n) is 12.7. The highest BCUT2D eigenvalue weighted by Crippen LogP contribution is 2.37. The first-order valence-electron chi connectivity index (χ1n) is 7.67. The Balaban J connectivity index is 2.03. The number of ether oxygens (including phenoxy) is 1. The lowest BCUT2D eigenvalue weighted by atomic mass is 9.98. The third-order valence-electron chi connectivity index (χ3n) is 4.30. The summed E-state index contributed by atoms with van der Waals surface area (Å²) in [5.41, 5.74) is -0.257. The Bertz CT molecular complexity index is 322. The molecule has 1 saturated carbocycles. The highest BCUT2D eigenvalue weighted by atomic mass is 16.5. The van der Waals surface area contributed by atoms with Crippen molar-refractivity contribution in [2.75, 3.05) is 13.2 Å². The first kappa shape index (κ1) is 14.8. The van der Waals surface area contributed by atoms with Crippen LogP contribution in [0.4, 0.5) is 0 Å². The standard InChI is InChI=1S/C15H28N2O2/c1-11(2)13-16-15(7-5-6-8-15)14(18)17(13)9-10-19-12(3)4/h11-13,16H,5-10H2,1-4H3. The van der Waals surface area contributed by atoms with Gasteiger partial charge in [0.15, 0.2) is 0 Å². The van der Waals surface area contributed by atoms with Crippen LogP contribution < -0.4 is 5.32 Å². The molecular formula is C15H28N2O2. The molecule has 1 N–H and O–H groups in total. The van der Waals surface area contributed by atoms with E-state index in [1.807, 2.05) is 18.7 Å².